The lowest BCUT2D eigenvalue weighted by Gasteiger charge is -2.34. The molecule has 0 aliphatic carbocycles. The number of amides is 1. The Bertz CT molecular complexity index is 1130. The highest BCUT2D eigenvalue weighted by Gasteiger charge is 2.20. The Labute approximate surface area is 192 Å². The topological polar surface area (TPSA) is 82.9 Å². The summed E-state index contributed by atoms with van der Waals surface area (Å²) < 4.78 is 32.5. The largest absolute Gasteiger partial charge is 0.468 e. The van der Waals surface area contributed by atoms with Crippen LogP contribution >= 0.6 is 11.3 Å². The Kier molecular flexibility index (Phi) is 7.21. The molecule has 1 fully saturated rings. The minimum atomic E-state index is -3.64. The third-order valence-electron chi connectivity index (χ3n) is 5.30. The number of hydrogen-bond acceptors (Lipinski definition) is 6. The summed E-state index contributed by atoms with van der Waals surface area (Å²) in [6, 6.07) is 12.0. The van der Waals surface area contributed by atoms with Gasteiger partial charge in [0, 0.05) is 38.8 Å². The van der Waals surface area contributed by atoms with Gasteiger partial charge < -0.3 is 9.32 Å². The van der Waals surface area contributed by atoms with E-state index >= 15 is 0 Å². The molecule has 0 atom stereocenters. The van der Waals surface area contributed by atoms with Crippen LogP contribution in [0.5, 0.6) is 0 Å². The number of piperazine rings is 1. The van der Waals surface area contributed by atoms with Crippen molar-refractivity contribution in [3.63, 3.8) is 0 Å². The Morgan fingerprint density at radius 3 is 2.53 bits per heavy atom. The van der Waals surface area contributed by atoms with Gasteiger partial charge in [-0.05, 0) is 58.3 Å². The van der Waals surface area contributed by atoms with Gasteiger partial charge in [0.2, 0.25) is 15.9 Å². The number of nitrogens with one attached hydrogen (secondary N) is 1. The van der Waals surface area contributed by atoms with E-state index in [0.717, 1.165) is 25.2 Å². The van der Waals surface area contributed by atoms with E-state index in [2.05, 4.69) is 26.4 Å². The fourth-order valence-corrected chi connectivity index (χ4v) is 5.11. The number of thiophene rings is 1. The number of benzene rings is 1. The van der Waals surface area contributed by atoms with Crippen molar-refractivity contribution in [2.75, 3.05) is 26.2 Å². The SMILES string of the molecule is O=C(/C=C/c1ccc(S(=O)(=O)NCc2ccco2)cc1)N1CCN(Cc2ccsc2)CC1. The van der Waals surface area contributed by atoms with Crippen LogP contribution in [0, 0.1) is 0 Å². The first-order chi connectivity index (χ1) is 15.5. The molecule has 1 aromatic carbocycles. The highest BCUT2D eigenvalue weighted by Crippen LogP contribution is 2.14. The summed E-state index contributed by atoms with van der Waals surface area (Å²) in [6.45, 7) is 4.12. The number of carbonyl (C=O) groups excluding carboxylic acids is 1. The van der Waals surface area contributed by atoms with Crippen LogP contribution in [0.15, 0.2) is 74.9 Å². The molecule has 1 N–H and O–H groups in total. The maximum absolute atomic E-state index is 12.5. The van der Waals surface area contributed by atoms with Gasteiger partial charge in [0.15, 0.2) is 0 Å². The monoisotopic (exact) mass is 471 g/mol. The van der Waals surface area contributed by atoms with Crippen molar-refractivity contribution in [1.82, 2.24) is 14.5 Å². The summed E-state index contributed by atoms with van der Waals surface area (Å²) in [5.41, 5.74) is 2.08. The van der Waals surface area contributed by atoms with Gasteiger partial charge in [-0.25, -0.2) is 13.1 Å². The van der Waals surface area contributed by atoms with E-state index < -0.39 is 10.0 Å². The molecule has 0 bridgehead atoms. The smallest absolute Gasteiger partial charge is 0.246 e. The van der Waals surface area contributed by atoms with Crippen molar-refractivity contribution in [3.05, 3.63) is 82.5 Å². The van der Waals surface area contributed by atoms with Gasteiger partial charge in [-0.2, -0.15) is 11.3 Å². The van der Waals surface area contributed by atoms with Gasteiger partial charge in [0.1, 0.15) is 5.76 Å². The molecule has 32 heavy (non-hydrogen) atoms. The molecule has 1 aliphatic heterocycles. The third kappa shape index (κ3) is 5.95. The highest BCUT2D eigenvalue weighted by atomic mass is 32.2. The quantitative estimate of drug-likeness (QED) is 0.510. The third-order valence-corrected chi connectivity index (χ3v) is 7.44. The predicted molar refractivity (Wildman–Crippen MR) is 124 cm³/mol. The zero-order valence-electron chi connectivity index (χ0n) is 17.5. The summed E-state index contributed by atoms with van der Waals surface area (Å²) in [7, 11) is -3.64. The fourth-order valence-electron chi connectivity index (χ4n) is 3.46. The number of sulfonamides is 1. The molecule has 1 aliphatic rings. The maximum Gasteiger partial charge on any atom is 0.246 e. The van der Waals surface area contributed by atoms with Crippen LogP contribution in [0.1, 0.15) is 16.9 Å². The molecule has 1 amide bonds. The average Bonchev–Trinajstić information content (AvgIpc) is 3.51. The zero-order valence-corrected chi connectivity index (χ0v) is 19.1. The number of furan rings is 1. The Hall–Kier alpha value is -2.72. The van der Waals surface area contributed by atoms with Crippen molar-refractivity contribution < 1.29 is 17.6 Å². The molecule has 168 valence electrons. The second kappa shape index (κ2) is 10.3. The van der Waals surface area contributed by atoms with Crippen LogP contribution in [-0.4, -0.2) is 50.3 Å². The van der Waals surface area contributed by atoms with Gasteiger partial charge in [-0.3, -0.25) is 9.69 Å². The van der Waals surface area contributed by atoms with E-state index in [1.54, 1.807) is 47.8 Å². The molecule has 0 saturated carbocycles. The number of hydrogen-bond donors (Lipinski definition) is 1. The van der Waals surface area contributed by atoms with Gasteiger partial charge in [-0.1, -0.05) is 12.1 Å². The molecule has 0 radical (unpaired) electrons. The van der Waals surface area contributed by atoms with Crippen molar-refractivity contribution >= 4 is 33.3 Å². The Morgan fingerprint density at radius 2 is 1.88 bits per heavy atom. The highest BCUT2D eigenvalue weighted by molar-refractivity contribution is 7.89. The molecule has 1 saturated heterocycles. The molecule has 2 aromatic heterocycles. The summed E-state index contributed by atoms with van der Waals surface area (Å²) >= 11 is 1.70. The molecule has 0 unspecified atom stereocenters. The molecule has 3 aromatic rings. The maximum atomic E-state index is 12.5. The van der Waals surface area contributed by atoms with Crippen molar-refractivity contribution in [2.45, 2.75) is 18.0 Å². The van der Waals surface area contributed by atoms with Gasteiger partial charge in [-0.15, -0.1) is 0 Å². The Balaban J connectivity index is 1.27. The van der Waals surface area contributed by atoms with Crippen molar-refractivity contribution in [3.8, 4) is 0 Å². The standard InChI is InChI=1S/C23H25N3O4S2/c27-23(26-12-10-25(11-13-26)17-20-9-15-31-18-20)8-5-19-3-6-22(7-4-19)32(28,29)24-16-21-2-1-14-30-21/h1-9,14-15,18,24H,10-13,16-17H2/b8-5+. The first-order valence-electron chi connectivity index (χ1n) is 10.3. The predicted octanol–water partition coefficient (Wildman–Crippen LogP) is 3.18. The average molecular weight is 472 g/mol. The summed E-state index contributed by atoms with van der Waals surface area (Å²) in [6.07, 6.45) is 4.76. The number of carbonyl (C=O) groups is 1. The number of rotatable bonds is 8. The lowest BCUT2D eigenvalue weighted by molar-refractivity contribution is -0.127. The second-order valence-electron chi connectivity index (χ2n) is 7.54. The van der Waals surface area contributed by atoms with Crippen LogP contribution in [0.3, 0.4) is 0 Å². The first kappa shape index (κ1) is 22.5. The number of nitrogens with zero attached hydrogens (tertiary/aromatic N) is 2. The van der Waals surface area contributed by atoms with Gasteiger partial charge in [0.05, 0.1) is 17.7 Å². The lowest BCUT2D eigenvalue weighted by Crippen LogP contribution is -2.47. The van der Waals surface area contributed by atoms with E-state index in [9.17, 15) is 13.2 Å². The Morgan fingerprint density at radius 1 is 1.09 bits per heavy atom. The normalized spacial score (nSPS) is 15.4. The van der Waals surface area contributed by atoms with E-state index in [-0.39, 0.29) is 17.3 Å². The van der Waals surface area contributed by atoms with Gasteiger partial charge >= 0.3 is 0 Å². The summed E-state index contributed by atoms with van der Waals surface area (Å²) in [5.74, 6) is 0.510. The van der Waals surface area contributed by atoms with Crippen LogP contribution in [0.4, 0.5) is 0 Å². The molecular weight excluding hydrogens is 446 g/mol. The minimum absolute atomic E-state index is 0.0306. The van der Waals surface area contributed by atoms with Crippen molar-refractivity contribution in [2.24, 2.45) is 0 Å². The molecule has 3 heterocycles. The molecule has 9 heteroatoms. The van der Waals surface area contributed by atoms with E-state index in [4.69, 9.17) is 4.42 Å². The van der Waals surface area contributed by atoms with E-state index in [1.165, 1.54) is 24.0 Å². The van der Waals surface area contributed by atoms with Crippen LogP contribution in [0.25, 0.3) is 6.08 Å². The minimum Gasteiger partial charge on any atom is -0.468 e. The first-order valence-corrected chi connectivity index (χ1v) is 12.7. The van der Waals surface area contributed by atoms with E-state index in [0.29, 0.717) is 18.8 Å². The van der Waals surface area contributed by atoms with Crippen LogP contribution < -0.4 is 4.72 Å². The lowest BCUT2D eigenvalue weighted by atomic mass is 10.2. The molecule has 4 rings (SSSR count). The van der Waals surface area contributed by atoms with Crippen molar-refractivity contribution in [1.29, 1.82) is 0 Å². The van der Waals surface area contributed by atoms with Crippen LogP contribution in [-0.2, 0) is 27.9 Å². The van der Waals surface area contributed by atoms with Gasteiger partial charge in [0.25, 0.3) is 0 Å². The fraction of sp³-hybridized carbons (Fsp3) is 0.261. The molecule has 0 spiro atoms. The summed E-state index contributed by atoms with van der Waals surface area (Å²) in [5, 5.41) is 4.24. The molecular formula is C23H25N3O4S2. The molecule has 7 nitrogen and oxygen atoms in total. The van der Waals surface area contributed by atoms with Crippen LogP contribution in [0.2, 0.25) is 0 Å². The second-order valence-corrected chi connectivity index (χ2v) is 10.1. The van der Waals surface area contributed by atoms with E-state index in [1.807, 2.05) is 4.90 Å². The summed E-state index contributed by atoms with van der Waals surface area (Å²) in [4.78, 5) is 16.9. The zero-order chi connectivity index (χ0) is 22.4.